The van der Waals surface area contributed by atoms with Crippen molar-refractivity contribution < 1.29 is 19.4 Å². The monoisotopic (exact) mass is 214 g/mol. The highest BCUT2D eigenvalue weighted by Crippen LogP contribution is 2.12. The molecular formula is C9H14N2O4. The average Bonchev–Trinajstić information content (AvgIpc) is 2.58. The molecule has 1 saturated heterocycles. The van der Waals surface area contributed by atoms with Gasteiger partial charge in [0, 0.05) is 0 Å². The van der Waals surface area contributed by atoms with Crippen LogP contribution in [0.25, 0.3) is 0 Å². The Morgan fingerprint density at radius 1 is 1.80 bits per heavy atom. The Bertz CT molecular complexity index is 290. The Labute approximate surface area is 87.5 Å². The number of aliphatic hydroxyl groups excluding tert-OH is 1. The van der Waals surface area contributed by atoms with Gasteiger partial charge in [0.2, 0.25) is 5.91 Å². The van der Waals surface area contributed by atoms with Crippen LogP contribution < -0.4 is 5.32 Å². The first-order valence-electron chi connectivity index (χ1n) is 4.61. The van der Waals surface area contributed by atoms with Gasteiger partial charge in [-0.25, -0.2) is 4.79 Å². The largest absolute Gasteiger partial charge is 0.463 e. The van der Waals surface area contributed by atoms with E-state index in [4.69, 9.17) is 9.84 Å². The molecule has 0 aromatic rings. The van der Waals surface area contributed by atoms with E-state index >= 15 is 0 Å². The smallest absolute Gasteiger partial charge is 0.336 e. The Kier molecular flexibility index (Phi) is 3.81. The number of hydrogen-bond donors (Lipinski definition) is 2. The zero-order valence-corrected chi connectivity index (χ0v) is 8.52. The maximum absolute atomic E-state index is 11.3. The molecule has 1 heterocycles. The average molecular weight is 214 g/mol. The van der Waals surface area contributed by atoms with Crippen molar-refractivity contribution in [1.29, 1.82) is 0 Å². The third-order valence-corrected chi connectivity index (χ3v) is 2.10. The molecule has 1 rings (SSSR count). The lowest BCUT2D eigenvalue weighted by atomic mass is 10.2. The van der Waals surface area contributed by atoms with Crippen molar-refractivity contribution in [1.82, 2.24) is 10.2 Å². The highest BCUT2D eigenvalue weighted by atomic mass is 16.5. The molecule has 15 heavy (non-hydrogen) atoms. The number of rotatable bonds is 4. The lowest BCUT2D eigenvalue weighted by molar-refractivity contribution is -0.139. The normalized spacial score (nSPS) is 20.5. The number of nitrogens with one attached hydrogen (secondary N) is 1. The quantitative estimate of drug-likeness (QED) is 0.454. The van der Waals surface area contributed by atoms with Crippen LogP contribution in [-0.4, -0.2) is 47.9 Å². The van der Waals surface area contributed by atoms with Crippen molar-refractivity contribution in [3.63, 3.8) is 0 Å². The van der Waals surface area contributed by atoms with Gasteiger partial charge in [-0.15, -0.1) is 0 Å². The molecule has 1 unspecified atom stereocenters. The lowest BCUT2D eigenvalue weighted by Gasteiger charge is -2.22. The van der Waals surface area contributed by atoms with E-state index in [1.54, 1.807) is 6.92 Å². The van der Waals surface area contributed by atoms with Crippen molar-refractivity contribution in [2.24, 2.45) is 0 Å². The van der Waals surface area contributed by atoms with E-state index in [1.165, 1.54) is 0 Å². The lowest BCUT2D eigenvalue weighted by Crippen LogP contribution is -2.41. The van der Waals surface area contributed by atoms with Crippen molar-refractivity contribution >= 4 is 11.9 Å². The summed E-state index contributed by atoms with van der Waals surface area (Å²) in [7, 11) is 0. The Balaban J connectivity index is 2.67. The summed E-state index contributed by atoms with van der Waals surface area (Å²) in [6, 6.07) is 0. The molecule has 6 nitrogen and oxygen atoms in total. The number of nitrogens with zero attached hydrogens (tertiary/aromatic N) is 1. The van der Waals surface area contributed by atoms with E-state index in [-0.39, 0.29) is 24.6 Å². The number of aliphatic hydroxyl groups is 1. The first-order chi connectivity index (χ1) is 7.11. The zero-order valence-electron chi connectivity index (χ0n) is 8.52. The molecule has 6 heteroatoms. The van der Waals surface area contributed by atoms with Crippen molar-refractivity contribution in [2.75, 3.05) is 19.9 Å². The van der Waals surface area contributed by atoms with E-state index in [2.05, 4.69) is 11.9 Å². The minimum Gasteiger partial charge on any atom is -0.463 e. The summed E-state index contributed by atoms with van der Waals surface area (Å²) in [4.78, 5) is 23.7. The van der Waals surface area contributed by atoms with Gasteiger partial charge in [-0.05, 0) is 6.92 Å². The fraction of sp³-hybridized carbons (Fsp3) is 0.556. The summed E-state index contributed by atoms with van der Waals surface area (Å²) in [5, 5.41) is 11.7. The summed E-state index contributed by atoms with van der Waals surface area (Å²) in [6.07, 6.45) is -0.665. The number of carbonyl (C=O) groups is 2. The standard InChI is InChI=1S/C9H14N2O4/c1-3-15-9(14)6(2)8-10-4-7(13)11(8)5-12/h8,10,12H,2-5H2,1H3. The second-order valence-electron chi connectivity index (χ2n) is 3.03. The van der Waals surface area contributed by atoms with Gasteiger partial charge in [-0.2, -0.15) is 0 Å². The minimum absolute atomic E-state index is 0.0870. The van der Waals surface area contributed by atoms with Crippen molar-refractivity contribution in [3.05, 3.63) is 12.2 Å². The summed E-state index contributed by atoms with van der Waals surface area (Å²) in [6.45, 7) is 5.11. The SMILES string of the molecule is C=C(C(=O)OCC)C1NCC(=O)N1CO. The van der Waals surface area contributed by atoms with Crippen LogP contribution in [0.2, 0.25) is 0 Å². The molecule has 1 amide bonds. The number of carbonyl (C=O) groups excluding carboxylic acids is 2. The molecule has 0 spiro atoms. The molecule has 0 aliphatic carbocycles. The second kappa shape index (κ2) is 4.90. The van der Waals surface area contributed by atoms with Gasteiger partial charge in [0.1, 0.15) is 12.9 Å². The molecule has 1 fully saturated rings. The van der Waals surface area contributed by atoms with Crippen LogP contribution in [0, 0.1) is 0 Å². The Morgan fingerprint density at radius 2 is 2.47 bits per heavy atom. The fourth-order valence-electron chi connectivity index (χ4n) is 1.35. The van der Waals surface area contributed by atoms with Gasteiger partial charge in [-0.3, -0.25) is 15.0 Å². The molecule has 0 saturated carbocycles. The van der Waals surface area contributed by atoms with Gasteiger partial charge in [0.05, 0.1) is 18.7 Å². The topological polar surface area (TPSA) is 78.9 Å². The van der Waals surface area contributed by atoms with E-state index in [9.17, 15) is 9.59 Å². The summed E-state index contributed by atoms with van der Waals surface area (Å²) < 4.78 is 4.75. The highest BCUT2D eigenvalue weighted by Gasteiger charge is 2.34. The first-order valence-corrected chi connectivity index (χ1v) is 4.61. The van der Waals surface area contributed by atoms with Gasteiger partial charge in [0.25, 0.3) is 0 Å². The summed E-state index contributed by atoms with van der Waals surface area (Å²) in [5.74, 6) is -0.837. The van der Waals surface area contributed by atoms with E-state index < -0.39 is 18.9 Å². The fourth-order valence-corrected chi connectivity index (χ4v) is 1.35. The Morgan fingerprint density at radius 3 is 3.00 bits per heavy atom. The van der Waals surface area contributed by atoms with Gasteiger partial charge >= 0.3 is 5.97 Å². The summed E-state index contributed by atoms with van der Waals surface area (Å²) in [5.41, 5.74) is 0.122. The van der Waals surface area contributed by atoms with Gasteiger partial charge in [0.15, 0.2) is 0 Å². The highest BCUT2D eigenvalue weighted by molar-refractivity contribution is 5.91. The van der Waals surface area contributed by atoms with Gasteiger partial charge in [-0.1, -0.05) is 6.58 Å². The second-order valence-corrected chi connectivity index (χ2v) is 3.03. The molecule has 0 bridgehead atoms. The predicted molar refractivity (Wildman–Crippen MR) is 51.5 cm³/mol. The molecule has 0 aromatic heterocycles. The van der Waals surface area contributed by atoms with Crippen LogP contribution in [0.1, 0.15) is 6.92 Å². The van der Waals surface area contributed by atoms with Crippen LogP contribution in [0.5, 0.6) is 0 Å². The van der Waals surface area contributed by atoms with E-state index in [0.29, 0.717) is 0 Å². The molecule has 84 valence electrons. The predicted octanol–water partition coefficient (Wildman–Crippen LogP) is -1.19. The van der Waals surface area contributed by atoms with Crippen LogP contribution in [0.3, 0.4) is 0 Å². The first kappa shape index (κ1) is 11.7. The zero-order chi connectivity index (χ0) is 11.4. The number of ether oxygens (including phenoxy) is 1. The molecule has 0 aromatic carbocycles. The van der Waals surface area contributed by atoms with Crippen LogP contribution >= 0.6 is 0 Å². The van der Waals surface area contributed by atoms with Crippen LogP contribution in [0.15, 0.2) is 12.2 Å². The van der Waals surface area contributed by atoms with Crippen molar-refractivity contribution in [3.8, 4) is 0 Å². The Hall–Kier alpha value is -1.40. The molecule has 2 N–H and O–H groups in total. The maximum atomic E-state index is 11.3. The maximum Gasteiger partial charge on any atom is 0.336 e. The third kappa shape index (κ3) is 2.34. The number of amides is 1. The number of esters is 1. The van der Waals surface area contributed by atoms with Crippen LogP contribution in [-0.2, 0) is 14.3 Å². The van der Waals surface area contributed by atoms with E-state index in [1.807, 2.05) is 0 Å². The molecule has 1 aliphatic rings. The van der Waals surface area contributed by atoms with Crippen LogP contribution in [0.4, 0.5) is 0 Å². The number of hydrogen-bond acceptors (Lipinski definition) is 5. The molecule has 1 atom stereocenters. The van der Waals surface area contributed by atoms with Crippen molar-refractivity contribution in [2.45, 2.75) is 13.1 Å². The van der Waals surface area contributed by atoms with E-state index in [0.717, 1.165) is 4.90 Å². The molecule has 0 radical (unpaired) electrons. The minimum atomic E-state index is -0.665. The molecule has 1 aliphatic heterocycles. The third-order valence-electron chi connectivity index (χ3n) is 2.10. The van der Waals surface area contributed by atoms with Gasteiger partial charge < -0.3 is 9.84 Å². The summed E-state index contributed by atoms with van der Waals surface area (Å²) >= 11 is 0. The molecular weight excluding hydrogens is 200 g/mol.